The van der Waals surface area contributed by atoms with Crippen LogP contribution in [0.15, 0.2) is 72.8 Å². The quantitative estimate of drug-likeness (QED) is 0.637. The van der Waals surface area contributed by atoms with Crippen LogP contribution in [0.25, 0.3) is 11.1 Å². The standard InChI is InChI=1S/C21H19ClN2O.ClH/c22-20-6-1-3-16(11-20)14-24-13-15-7-9-17(10-8-15)18-4-2-5-19(12-18)21(23)25;/h1-12,24H,13-14H2,(H2,23,25);1H. The van der Waals surface area contributed by atoms with Crippen LogP contribution in [0, 0.1) is 0 Å². The Hall–Kier alpha value is -2.33. The number of carbonyl (C=O) groups is 1. The highest BCUT2D eigenvalue weighted by Crippen LogP contribution is 2.21. The predicted molar refractivity (Wildman–Crippen MR) is 110 cm³/mol. The summed E-state index contributed by atoms with van der Waals surface area (Å²) < 4.78 is 0. The van der Waals surface area contributed by atoms with Crippen LogP contribution in [-0.2, 0) is 13.1 Å². The van der Waals surface area contributed by atoms with Crippen molar-refractivity contribution in [3.05, 3.63) is 94.5 Å². The number of halogens is 2. The Morgan fingerprint density at radius 2 is 1.54 bits per heavy atom. The molecule has 0 heterocycles. The lowest BCUT2D eigenvalue weighted by atomic mass is 10.0. The topological polar surface area (TPSA) is 55.1 Å². The molecule has 0 atom stereocenters. The molecule has 0 aliphatic carbocycles. The van der Waals surface area contributed by atoms with Crippen LogP contribution in [0.2, 0.25) is 5.02 Å². The van der Waals surface area contributed by atoms with E-state index in [1.165, 1.54) is 5.56 Å². The number of nitrogens with two attached hydrogens (primary N) is 1. The third-order valence-corrected chi connectivity index (χ3v) is 4.22. The lowest BCUT2D eigenvalue weighted by molar-refractivity contribution is 0.100. The molecular formula is C21H20Cl2N2O. The molecule has 3 N–H and O–H groups in total. The van der Waals surface area contributed by atoms with Crippen LogP contribution < -0.4 is 11.1 Å². The Balaban J connectivity index is 0.00000243. The Kier molecular flexibility index (Phi) is 7.22. The molecule has 3 aromatic rings. The molecule has 0 saturated carbocycles. The van der Waals surface area contributed by atoms with E-state index in [9.17, 15) is 4.79 Å². The first-order chi connectivity index (χ1) is 12.1. The smallest absolute Gasteiger partial charge is 0.248 e. The average Bonchev–Trinajstić information content (AvgIpc) is 2.62. The van der Waals surface area contributed by atoms with Crippen molar-refractivity contribution in [2.24, 2.45) is 5.73 Å². The van der Waals surface area contributed by atoms with Crippen molar-refractivity contribution in [1.82, 2.24) is 5.32 Å². The largest absolute Gasteiger partial charge is 0.366 e. The van der Waals surface area contributed by atoms with Crippen molar-refractivity contribution in [2.75, 3.05) is 0 Å². The molecular weight excluding hydrogens is 367 g/mol. The van der Waals surface area contributed by atoms with Gasteiger partial charge in [-0.1, -0.05) is 60.1 Å². The molecule has 0 spiro atoms. The summed E-state index contributed by atoms with van der Waals surface area (Å²) in [5.41, 5.74) is 10.2. The molecule has 1 amide bonds. The highest BCUT2D eigenvalue weighted by molar-refractivity contribution is 6.30. The normalized spacial score (nSPS) is 10.2. The summed E-state index contributed by atoms with van der Waals surface area (Å²) in [5.74, 6) is -0.413. The highest BCUT2D eigenvalue weighted by atomic mass is 35.5. The summed E-state index contributed by atoms with van der Waals surface area (Å²) in [5, 5.41) is 4.16. The van der Waals surface area contributed by atoms with Gasteiger partial charge in [0.1, 0.15) is 0 Å². The van der Waals surface area contributed by atoms with Crippen LogP contribution in [0.4, 0.5) is 0 Å². The zero-order chi connectivity index (χ0) is 17.6. The fourth-order valence-corrected chi connectivity index (χ4v) is 2.88. The number of primary amides is 1. The minimum Gasteiger partial charge on any atom is -0.366 e. The van der Waals surface area contributed by atoms with Gasteiger partial charge < -0.3 is 11.1 Å². The Bertz CT molecular complexity index is 879. The van der Waals surface area contributed by atoms with Gasteiger partial charge in [-0.15, -0.1) is 12.4 Å². The fourth-order valence-electron chi connectivity index (χ4n) is 2.67. The van der Waals surface area contributed by atoms with Crippen molar-refractivity contribution in [2.45, 2.75) is 13.1 Å². The van der Waals surface area contributed by atoms with Gasteiger partial charge in [0.25, 0.3) is 0 Å². The van der Waals surface area contributed by atoms with Gasteiger partial charge in [0.2, 0.25) is 5.91 Å². The Morgan fingerprint density at radius 1 is 0.846 bits per heavy atom. The van der Waals surface area contributed by atoms with E-state index in [1.807, 2.05) is 42.5 Å². The molecule has 0 aliphatic heterocycles. The first-order valence-corrected chi connectivity index (χ1v) is 8.44. The second-order valence-electron chi connectivity index (χ2n) is 5.88. The molecule has 0 unspecified atom stereocenters. The molecule has 0 radical (unpaired) electrons. The first kappa shape index (κ1) is 20.0. The molecule has 3 rings (SSSR count). The van der Waals surface area contributed by atoms with Crippen molar-refractivity contribution in [3.8, 4) is 11.1 Å². The SMILES string of the molecule is Cl.NC(=O)c1cccc(-c2ccc(CNCc3cccc(Cl)c3)cc2)c1. The summed E-state index contributed by atoms with van der Waals surface area (Å²) in [6.07, 6.45) is 0. The van der Waals surface area contributed by atoms with E-state index < -0.39 is 5.91 Å². The van der Waals surface area contributed by atoms with E-state index in [0.29, 0.717) is 5.56 Å². The summed E-state index contributed by atoms with van der Waals surface area (Å²) in [6, 6.07) is 23.5. The van der Waals surface area contributed by atoms with E-state index in [1.54, 1.807) is 6.07 Å². The molecule has 3 nitrogen and oxygen atoms in total. The van der Waals surface area contributed by atoms with E-state index in [2.05, 4.69) is 29.6 Å². The van der Waals surface area contributed by atoms with E-state index in [-0.39, 0.29) is 12.4 Å². The maximum atomic E-state index is 11.3. The fraction of sp³-hybridized carbons (Fsp3) is 0.0952. The third kappa shape index (κ3) is 5.33. The van der Waals surface area contributed by atoms with Gasteiger partial charge in [-0.2, -0.15) is 0 Å². The van der Waals surface area contributed by atoms with Crippen LogP contribution >= 0.6 is 24.0 Å². The second-order valence-corrected chi connectivity index (χ2v) is 6.31. The zero-order valence-electron chi connectivity index (χ0n) is 14.1. The van der Waals surface area contributed by atoms with Gasteiger partial charge in [-0.3, -0.25) is 4.79 Å². The monoisotopic (exact) mass is 386 g/mol. The summed E-state index contributed by atoms with van der Waals surface area (Å²) in [4.78, 5) is 11.3. The number of rotatable bonds is 6. The predicted octanol–water partition coefficient (Wildman–Crippen LogP) is 4.82. The zero-order valence-corrected chi connectivity index (χ0v) is 15.7. The lowest BCUT2D eigenvalue weighted by Crippen LogP contribution is -2.12. The highest BCUT2D eigenvalue weighted by Gasteiger charge is 2.03. The summed E-state index contributed by atoms with van der Waals surface area (Å²) in [6.45, 7) is 1.54. The van der Waals surface area contributed by atoms with Crippen molar-refractivity contribution in [1.29, 1.82) is 0 Å². The summed E-state index contributed by atoms with van der Waals surface area (Å²) >= 11 is 5.99. The van der Waals surface area contributed by atoms with E-state index >= 15 is 0 Å². The van der Waals surface area contributed by atoms with Crippen LogP contribution in [0.1, 0.15) is 21.5 Å². The van der Waals surface area contributed by atoms with Gasteiger partial charge in [-0.05, 0) is 46.5 Å². The number of nitrogens with one attached hydrogen (secondary N) is 1. The van der Waals surface area contributed by atoms with Gasteiger partial charge in [0.05, 0.1) is 0 Å². The van der Waals surface area contributed by atoms with Gasteiger partial charge >= 0.3 is 0 Å². The molecule has 26 heavy (non-hydrogen) atoms. The number of amides is 1. The van der Waals surface area contributed by atoms with Gasteiger partial charge in [-0.25, -0.2) is 0 Å². The maximum absolute atomic E-state index is 11.3. The number of hydrogen-bond acceptors (Lipinski definition) is 2. The molecule has 3 aromatic carbocycles. The van der Waals surface area contributed by atoms with Gasteiger partial charge in [0, 0.05) is 23.7 Å². The van der Waals surface area contributed by atoms with Crippen LogP contribution in [0.3, 0.4) is 0 Å². The molecule has 0 saturated heterocycles. The van der Waals surface area contributed by atoms with E-state index in [0.717, 1.165) is 34.8 Å². The lowest BCUT2D eigenvalue weighted by Gasteiger charge is -2.08. The van der Waals surface area contributed by atoms with Crippen molar-refractivity contribution >= 4 is 29.9 Å². The molecule has 0 fully saturated rings. The Labute approximate surface area is 164 Å². The van der Waals surface area contributed by atoms with Crippen LogP contribution in [0.5, 0.6) is 0 Å². The molecule has 5 heteroatoms. The molecule has 0 aromatic heterocycles. The maximum Gasteiger partial charge on any atom is 0.248 e. The minimum absolute atomic E-state index is 0. The first-order valence-electron chi connectivity index (χ1n) is 8.06. The third-order valence-electron chi connectivity index (χ3n) is 3.98. The summed E-state index contributed by atoms with van der Waals surface area (Å²) in [7, 11) is 0. The van der Waals surface area contributed by atoms with Gasteiger partial charge in [0.15, 0.2) is 0 Å². The molecule has 0 bridgehead atoms. The number of benzene rings is 3. The van der Waals surface area contributed by atoms with E-state index in [4.69, 9.17) is 17.3 Å². The number of carbonyl (C=O) groups excluding carboxylic acids is 1. The molecule has 0 aliphatic rings. The van der Waals surface area contributed by atoms with Crippen LogP contribution in [-0.4, -0.2) is 5.91 Å². The Morgan fingerprint density at radius 3 is 2.23 bits per heavy atom. The second kappa shape index (κ2) is 9.39. The van der Waals surface area contributed by atoms with Crippen molar-refractivity contribution < 1.29 is 4.79 Å². The molecule has 134 valence electrons. The average molecular weight is 387 g/mol. The number of hydrogen-bond donors (Lipinski definition) is 2. The van der Waals surface area contributed by atoms with Crippen molar-refractivity contribution in [3.63, 3.8) is 0 Å². The minimum atomic E-state index is -0.413.